The second-order valence-corrected chi connectivity index (χ2v) is 5.99. The zero-order chi connectivity index (χ0) is 16.6. The molecule has 1 aromatic rings. The maximum Gasteiger partial charge on any atom is 0.416 e. The Labute approximate surface area is 132 Å². The summed E-state index contributed by atoms with van der Waals surface area (Å²) in [6, 6.07) is 2.76. The molecule has 1 saturated heterocycles. The molecule has 2 aliphatic heterocycles. The van der Waals surface area contributed by atoms with Crippen LogP contribution in [-0.4, -0.2) is 36.6 Å². The second kappa shape index (κ2) is 6.13. The fourth-order valence-corrected chi connectivity index (χ4v) is 3.16. The van der Waals surface area contributed by atoms with Crippen LogP contribution in [0.2, 0.25) is 0 Å². The van der Waals surface area contributed by atoms with Gasteiger partial charge in [0.05, 0.1) is 18.3 Å². The topological polar surface area (TPSA) is 41.6 Å². The summed E-state index contributed by atoms with van der Waals surface area (Å²) >= 11 is 0. The Morgan fingerprint density at radius 2 is 2.17 bits per heavy atom. The van der Waals surface area contributed by atoms with Crippen molar-refractivity contribution >= 4 is 5.91 Å². The molecule has 1 fully saturated rings. The summed E-state index contributed by atoms with van der Waals surface area (Å²) in [6.45, 7) is 4.32. The van der Waals surface area contributed by atoms with Crippen molar-refractivity contribution in [1.29, 1.82) is 0 Å². The van der Waals surface area contributed by atoms with E-state index >= 15 is 0 Å². The Kier molecular flexibility index (Phi) is 4.33. The molecule has 2 heterocycles. The van der Waals surface area contributed by atoms with Crippen LogP contribution >= 0.6 is 0 Å². The van der Waals surface area contributed by atoms with E-state index < -0.39 is 17.6 Å². The molecular formula is C16H19F3N2O2. The minimum Gasteiger partial charge on any atom is -0.376 e. The summed E-state index contributed by atoms with van der Waals surface area (Å²) in [5.41, 5.74) is 0.0170. The summed E-state index contributed by atoms with van der Waals surface area (Å²) in [5, 5.41) is 2.47. The van der Waals surface area contributed by atoms with Gasteiger partial charge in [-0.2, -0.15) is 13.2 Å². The lowest BCUT2D eigenvalue weighted by Gasteiger charge is -2.32. The maximum atomic E-state index is 13.3. The number of carbonyl (C=O) groups is 1. The van der Waals surface area contributed by atoms with E-state index in [0.29, 0.717) is 31.8 Å². The first-order valence-electron chi connectivity index (χ1n) is 7.73. The Balaban J connectivity index is 1.88. The highest BCUT2D eigenvalue weighted by Crippen LogP contribution is 2.36. The molecule has 0 bridgehead atoms. The molecular weight excluding hydrogens is 309 g/mol. The summed E-state index contributed by atoms with van der Waals surface area (Å²) in [5.74, 6) is -0.430. The molecule has 0 radical (unpaired) electrons. The third-order valence-electron chi connectivity index (χ3n) is 4.37. The number of nitrogens with one attached hydrogen (secondary N) is 1. The first-order valence-corrected chi connectivity index (χ1v) is 7.73. The largest absolute Gasteiger partial charge is 0.416 e. The average Bonchev–Trinajstić information content (AvgIpc) is 2.87. The van der Waals surface area contributed by atoms with Gasteiger partial charge < -0.3 is 10.1 Å². The van der Waals surface area contributed by atoms with Crippen molar-refractivity contribution in [2.45, 2.75) is 38.7 Å². The molecule has 1 aromatic carbocycles. The van der Waals surface area contributed by atoms with E-state index in [1.807, 2.05) is 6.92 Å². The number of ether oxygens (including phenoxy) is 1. The van der Waals surface area contributed by atoms with Crippen molar-refractivity contribution in [3.8, 4) is 0 Å². The number of rotatable bonds is 3. The summed E-state index contributed by atoms with van der Waals surface area (Å²) in [4.78, 5) is 13.9. The lowest BCUT2D eigenvalue weighted by atomic mass is 9.98. The molecule has 126 valence electrons. The number of benzene rings is 1. The Morgan fingerprint density at radius 1 is 1.39 bits per heavy atom. The van der Waals surface area contributed by atoms with E-state index in [0.717, 1.165) is 6.42 Å². The molecule has 23 heavy (non-hydrogen) atoms. The van der Waals surface area contributed by atoms with Crippen molar-refractivity contribution in [3.05, 3.63) is 34.4 Å². The van der Waals surface area contributed by atoms with Gasteiger partial charge in [-0.15, -0.1) is 0 Å². The van der Waals surface area contributed by atoms with Crippen LogP contribution in [0.5, 0.6) is 0 Å². The molecule has 7 heteroatoms. The average molecular weight is 328 g/mol. The minimum absolute atomic E-state index is 0.0552. The molecule has 3 rings (SSSR count). The molecule has 1 amide bonds. The van der Waals surface area contributed by atoms with E-state index in [-0.39, 0.29) is 23.8 Å². The van der Waals surface area contributed by atoms with Gasteiger partial charge in [-0.05, 0) is 29.7 Å². The van der Waals surface area contributed by atoms with Gasteiger partial charge in [-0.3, -0.25) is 9.69 Å². The second-order valence-electron chi connectivity index (χ2n) is 5.99. The van der Waals surface area contributed by atoms with Gasteiger partial charge in [0.25, 0.3) is 5.91 Å². The van der Waals surface area contributed by atoms with Crippen LogP contribution in [0.1, 0.15) is 40.4 Å². The SMILES string of the molecule is CCC1CN(Cc2cc3c(c(C(F)(F)F)c2)CNC3=O)CCO1. The van der Waals surface area contributed by atoms with E-state index in [1.54, 1.807) is 6.07 Å². The first-order chi connectivity index (χ1) is 10.9. The number of nitrogens with zero attached hydrogens (tertiary/aromatic N) is 1. The monoisotopic (exact) mass is 328 g/mol. The zero-order valence-electron chi connectivity index (χ0n) is 12.9. The van der Waals surface area contributed by atoms with Crippen LogP contribution in [0.3, 0.4) is 0 Å². The van der Waals surface area contributed by atoms with Gasteiger partial charge in [0.1, 0.15) is 0 Å². The van der Waals surface area contributed by atoms with Gasteiger partial charge in [0.2, 0.25) is 0 Å². The molecule has 1 N–H and O–H groups in total. The number of fused-ring (bicyclic) bond motifs is 1. The van der Waals surface area contributed by atoms with Gasteiger partial charge >= 0.3 is 6.18 Å². The van der Waals surface area contributed by atoms with Crippen LogP contribution in [0.15, 0.2) is 12.1 Å². The van der Waals surface area contributed by atoms with Crippen LogP contribution < -0.4 is 5.32 Å². The summed E-state index contributed by atoms with van der Waals surface area (Å²) in [7, 11) is 0. The van der Waals surface area contributed by atoms with E-state index in [2.05, 4.69) is 10.2 Å². The quantitative estimate of drug-likeness (QED) is 0.927. The number of carbonyl (C=O) groups excluding carboxylic acids is 1. The Morgan fingerprint density at radius 3 is 2.87 bits per heavy atom. The fraction of sp³-hybridized carbons (Fsp3) is 0.562. The number of halogens is 3. The predicted molar refractivity (Wildman–Crippen MR) is 77.9 cm³/mol. The van der Waals surface area contributed by atoms with Crippen LogP contribution in [0, 0.1) is 0 Å². The lowest BCUT2D eigenvalue weighted by molar-refractivity contribution is -0.138. The van der Waals surface area contributed by atoms with Crippen molar-refractivity contribution in [1.82, 2.24) is 10.2 Å². The maximum absolute atomic E-state index is 13.3. The third-order valence-corrected chi connectivity index (χ3v) is 4.37. The highest BCUT2D eigenvalue weighted by molar-refractivity contribution is 5.99. The van der Waals surface area contributed by atoms with E-state index in [9.17, 15) is 18.0 Å². The lowest BCUT2D eigenvalue weighted by Crippen LogP contribution is -2.41. The van der Waals surface area contributed by atoms with Gasteiger partial charge in [0, 0.05) is 31.7 Å². The van der Waals surface area contributed by atoms with Gasteiger partial charge in [-0.25, -0.2) is 0 Å². The number of morpholine rings is 1. The number of amides is 1. The van der Waals surface area contributed by atoms with Gasteiger partial charge in [0.15, 0.2) is 0 Å². The summed E-state index contributed by atoms with van der Waals surface area (Å²) in [6.07, 6.45) is -3.47. The highest BCUT2D eigenvalue weighted by Gasteiger charge is 2.37. The predicted octanol–water partition coefficient (Wildman–Crippen LogP) is 2.56. The smallest absolute Gasteiger partial charge is 0.376 e. The zero-order valence-corrected chi connectivity index (χ0v) is 12.9. The highest BCUT2D eigenvalue weighted by atomic mass is 19.4. The van der Waals surface area contributed by atoms with E-state index in [1.165, 1.54) is 6.07 Å². The number of hydrogen-bond donors (Lipinski definition) is 1. The molecule has 1 atom stereocenters. The molecule has 0 spiro atoms. The van der Waals surface area contributed by atoms with Crippen molar-refractivity contribution < 1.29 is 22.7 Å². The third kappa shape index (κ3) is 3.35. The van der Waals surface area contributed by atoms with Crippen LogP contribution in [0.25, 0.3) is 0 Å². The first kappa shape index (κ1) is 16.3. The van der Waals surface area contributed by atoms with Crippen molar-refractivity contribution in [2.24, 2.45) is 0 Å². The Bertz CT molecular complexity index is 616. The molecule has 4 nitrogen and oxygen atoms in total. The standard InChI is InChI=1S/C16H19F3N2O2/c1-2-11-9-21(3-4-23-11)8-10-5-12-13(7-20-15(12)22)14(6-10)16(17,18)19/h5-6,11H,2-4,7-9H2,1H3,(H,20,22). The minimum atomic E-state index is -4.46. The van der Waals surface area contributed by atoms with Crippen LogP contribution in [-0.2, 0) is 24.0 Å². The Hall–Kier alpha value is -1.60. The fourth-order valence-electron chi connectivity index (χ4n) is 3.16. The normalized spacial score (nSPS) is 22.1. The molecule has 2 aliphatic rings. The molecule has 0 aliphatic carbocycles. The molecule has 0 aromatic heterocycles. The summed E-state index contributed by atoms with van der Waals surface area (Å²) < 4.78 is 45.4. The van der Waals surface area contributed by atoms with Crippen LogP contribution in [0.4, 0.5) is 13.2 Å². The number of hydrogen-bond acceptors (Lipinski definition) is 3. The van der Waals surface area contributed by atoms with Gasteiger partial charge in [-0.1, -0.05) is 6.92 Å². The molecule has 0 saturated carbocycles. The number of alkyl halides is 3. The van der Waals surface area contributed by atoms with E-state index in [4.69, 9.17) is 4.74 Å². The van der Waals surface area contributed by atoms with Crippen molar-refractivity contribution in [2.75, 3.05) is 19.7 Å². The van der Waals surface area contributed by atoms with Crippen molar-refractivity contribution in [3.63, 3.8) is 0 Å². The molecule has 1 unspecified atom stereocenters.